The number of ether oxygens (including phenoxy) is 1. The highest BCUT2D eigenvalue weighted by atomic mass is 19.1. The maximum atomic E-state index is 13.7. The molecule has 1 amide bonds. The van der Waals surface area contributed by atoms with Crippen LogP contribution in [-0.4, -0.2) is 18.0 Å². The molecular weight excluding hydrogens is 357 g/mol. The van der Waals surface area contributed by atoms with Gasteiger partial charge in [0.05, 0.1) is 5.41 Å². The molecule has 0 unspecified atom stereocenters. The molecule has 0 radical (unpaired) electrons. The van der Waals surface area contributed by atoms with E-state index in [-0.39, 0.29) is 11.7 Å². The van der Waals surface area contributed by atoms with Crippen LogP contribution in [0.2, 0.25) is 0 Å². The van der Waals surface area contributed by atoms with E-state index in [9.17, 15) is 14.0 Å². The van der Waals surface area contributed by atoms with Gasteiger partial charge in [0.2, 0.25) is 0 Å². The lowest BCUT2D eigenvalue weighted by atomic mass is 9.79. The van der Waals surface area contributed by atoms with Crippen molar-refractivity contribution in [3.63, 3.8) is 0 Å². The molecule has 1 saturated carbocycles. The number of aryl methyl sites for hydroxylation is 1. The zero-order valence-electron chi connectivity index (χ0n) is 16.3. The number of nitrogens with one attached hydrogen (secondary N) is 1. The smallest absolute Gasteiger partial charge is 0.317 e. The van der Waals surface area contributed by atoms with Gasteiger partial charge in [-0.2, -0.15) is 0 Å². The highest BCUT2D eigenvalue weighted by molar-refractivity contribution is 5.96. The summed E-state index contributed by atoms with van der Waals surface area (Å²) in [6.07, 6.45) is 2.92. The fourth-order valence-corrected chi connectivity index (χ4v) is 3.77. The Morgan fingerprint density at radius 2 is 1.82 bits per heavy atom. The molecule has 2 aromatic rings. The topological polar surface area (TPSA) is 55.4 Å². The van der Waals surface area contributed by atoms with E-state index in [4.69, 9.17) is 4.74 Å². The number of carbonyl (C=O) groups is 2. The predicted molar refractivity (Wildman–Crippen MR) is 107 cm³/mol. The molecule has 3 rings (SSSR count). The molecule has 0 spiro atoms. The molecule has 28 heavy (non-hydrogen) atoms. The van der Waals surface area contributed by atoms with Gasteiger partial charge in [-0.3, -0.25) is 9.59 Å². The maximum absolute atomic E-state index is 13.7. The second-order valence-corrected chi connectivity index (χ2v) is 7.39. The Labute approximate surface area is 165 Å². The number of hydrogen-bond acceptors (Lipinski definition) is 3. The van der Waals surface area contributed by atoms with Crippen molar-refractivity contribution >= 4 is 17.6 Å². The van der Waals surface area contributed by atoms with Crippen molar-refractivity contribution in [1.29, 1.82) is 0 Å². The zero-order valence-corrected chi connectivity index (χ0v) is 16.3. The Bertz CT molecular complexity index is 841. The molecule has 1 aliphatic carbocycles. The fourth-order valence-electron chi connectivity index (χ4n) is 3.77. The van der Waals surface area contributed by atoms with E-state index in [2.05, 4.69) is 12.2 Å². The highest BCUT2D eigenvalue weighted by Crippen LogP contribution is 2.42. The van der Waals surface area contributed by atoms with Crippen LogP contribution in [0.25, 0.3) is 0 Å². The number of esters is 1. The number of amides is 1. The van der Waals surface area contributed by atoms with Crippen molar-refractivity contribution in [2.45, 2.75) is 57.5 Å². The Hall–Kier alpha value is -2.69. The minimum atomic E-state index is -0.940. The van der Waals surface area contributed by atoms with Crippen LogP contribution < -0.4 is 5.32 Å². The van der Waals surface area contributed by atoms with Crippen molar-refractivity contribution in [2.24, 2.45) is 0 Å². The monoisotopic (exact) mass is 383 g/mol. The average molecular weight is 383 g/mol. The van der Waals surface area contributed by atoms with Gasteiger partial charge in [0.15, 0.2) is 6.10 Å². The van der Waals surface area contributed by atoms with Gasteiger partial charge in [-0.1, -0.05) is 44.0 Å². The van der Waals surface area contributed by atoms with E-state index in [0.29, 0.717) is 24.1 Å². The molecule has 4 nitrogen and oxygen atoms in total. The Morgan fingerprint density at radius 1 is 1.14 bits per heavy atom. The molecule has 1 N–H and O–H groups in total. The first-order chi connectivity index (χ1) is 13.4. The standard InChI is InChI=1S/C23H26FNO3/c1-3-17-9-11-20(12-10-17)25-21(26)16(2)28-22(27)23(13-4-5-14-23)18-7-6-8-19(24)15-18/h6-12,15-16H,3-5,13-14H2,1-2H3,(H,25,26)/t16-/m1/s1. The molecule has 0 aliphatic heterocycles. The summed E-state index contributed by atoms with van der Waals surface area (Å²) < 4.78 is 19.3. The Morgan fingerprint density at radius 3 is 2.43 bits per heavy atom. The number of hydrogen-bond donors (Lipinski definition) is 1. The SMILES string of the molecule is CCc1ccc(NC(=O)[C@@H](C)OC(=O)C2(c3cccc(F)c3)CCCC2)cc1. The molecular formula is C23H26FNO3. The lowest BCUT2D eigenvalue weighted by Gasteiger charge is -2.28. The van der Waals surface area contributed by atoms with Crippen LogP contribution in [0.15, 0.2) is 48.5 Å². The van der Waals surface area contributed by atoms with E-state index in [0.717, 1.165) is 19.3 Å². The first-order valence-electron chi connectivity index (χ1n) is 9.81. The largest absolute Gasteiger partial charge is 0.452 e. The number of rotatable bonds is 6. The van der Waals surface area contributed by atoms with Crippen LogP contribution in [-0.2, 0) is 26.2 Å². The van der Waals surface area contributed by atoms with E-state index in [1.54, 1.807) is 19.1 Å². The van der Waals surface area contributed by atoms with Gasteiger partial charge >= 0.3 is 5.97 Å². The number of carbonyl (C=O) groups excluding carboxylic acids is 2. The normalized spacial score (nSPS) is 16.4. The summed E-state index contributed by atoms with van der Waals surface area (Å²) in [6, 6.07) is 13.7. The maximum Gasteiger partial charge on any atom is 0.317 e. The summed E-state index contributed by atoms with van der Waals surface area (Å²) in [4.78, 5) is 25.5. The quantitative estimate of drug-likeness (QED) is 0.731. The summed E-state index contributed by atoms with van der Waals surface area (Å²) in [6.45, 7) is 3.62. The summed E-state index contributed by atoms with van der Waals surface area (Å²) in [5.74, 6) is -1.22. The lowest BCUT2D eigenvalue weighted by molar-refractivity contribution is -0.159. The van der Waals surface area contributed by atoms with Crippen LogP contribution in [0.5, 0.6) is 0 Å². The van der Waals surface area contributed by atoms with E-state index in [1.165, 1.54) is 17.7 Å². The van der Waals surface area contributed by atoms with E-state index >= 15 is 0 Å². The summed E-state index contributed by atoms with van der Waals surface area (Å²) in [7, 11) is 0. The number of benzene rings is 2. The fraction of sp³-hybridized carbons (Fsp3) is 0.391. The molecule has 0 bridgehead atoms. The van der Waals surface area contributed by atoms with Crippen LogP contribution in [0.1, 0.15) is 50.7 Å². The summed E-state index contributed by atoms with van der Waals surface area (Å²) in [5, 5.41) is 2.77. The molecule has 1 aliphatic rings. The summed E-state index contributed by atoms with van der Waals surface area (Å²) >= 11 is 0. The van der Waals surface area contributed by atoms with Crippen molar-refractivity contribution in [2.75, 3.05) is 5.32 Å². The molecule has 5 heteroatoms. The van der Waals surface area contributed by atoms with Crippen molar-refractivity contribution in [3.05, 3.63) is 65.5 Å². The van der Waals surface area contributed by atoms with Crippen molar-refractivity contribution in [1.82, 2.24) is 0 Å². The second kappa shape index (κ2) is 8.55. The Balaban J connectivity index is 1.69. The third kappa shape index (κ3) is 4.24. The highest BCUT2D eigenvalue weighted by Gasteiger charge is 2.45. The molecule has 1 fully saturated rings. The van der Waals surface area contributed by atoms with Crippen molar-refractivity contribution in [3.8, 4) is 0 Å². The van der Waals surface area contributed by atoms with Crippen LogP contribution in [0, 0.1) is 5.82 Å². The molecule has 0 saturated heterocycles. The first-order valence-corrected chi connectivity index (χ1v) is 9.81. The average Bonchev–Trinajstić information content (AvgIpc) is 3.20. The zero-order chi connectivity index (χ0) is 20.1. The van der Waals surface area contributed by atoms with Gasteiger partial charge in [-0.15, -0.1) is 0 Å². The minimum Gasteiger partial charge on any atom is -0.452 e. The van der Waals surface area contributed by atoms with Gasteiger partial charge in [0.1, 0.15) is 5.82 Å². The van der Waals surface area contributed by atoms with E-state index < -0.39 is 17.5 Å². The third-order valence-electron chi connectivity index (χ3n) is 5.51. The molecule has 0 heterocycles. The lowest BCUT2D eigenvalue weighted by Crippen LogP contribution is -2.40. The molecule has 1 atom stereocenters. The number of halogens is 1. The van der Waals surface area contributed by atoms with Gasteiger partial charge < -0.3 is 10.1 Å². The molecule has 2 aromatic carbocycles. The van der Waals surface area contributed by atoms with Gasteiger partial charge in [-0.25, -0.2) is 4.39 Å². The Kier molecular flexibility index (Phi) is 6.12. The predicted octanol–water partition coefficient (Wildman–Crippen LogP) is 4.77. The van der Waals surface area contributed by atoms with Crippen LogP contribution in [0.4, 0.5) is 10.1 Å². The first kappa shape index (κ1) is 20.1. The number of anilines is 1. The molecule has 0 aromatic heterocycles. The van der Waals surface area contributed by atoms with Gasteiger partial charge in [0.25, 0.3) is 5.91 Å². The van der Waals surface area contributed by atoms with E-state index in [1.807, 2.05) is 24.3 Å². The van der Waals surface area contributed by atoms with Gasteiger partial charge in [0, 0.05) is 5.69 Å². The summed E-state index contributed by atoms with van der Waals surface area (Å²) in [5.41, 5.74) is 1.58. The van der Waals surface area contributed by atoms with Crippen LogP contribution >= 0.6 is 0 Å². The third-order valence-corrected chi connectivity index (χ3v) is 5.51. The molecule has 148 valence electrons. The second-order valence-electron chi connectivity index (χ2n) is 7.39. The minimum absolute atomic E-state index is 0.377. The van der Waals surface area contributed by atoms with Crippen molar-refractivity contribution < 1.29 is 18.7 Å². The van der Waals surface area contributed by atoms with Gasteiger partial charge in [-0.05, 0) is 61.6 Å². The van der Waals surface area contributed by atoms with Crippen LogP contribution in [0.3, 0.4) is 0 Å².